The number of thiocarbonyl (C=S) groups is 1. The van der Waals surface area contributed by atoms with Gasteiger partial charge in [0.05, 0.1) is 29.4 Å². The summed E-state index contributed by atoms with van der Waals surface area (Å²) >= 11 is 5.16. The first kappa shape index (κ1) is 30.7. The average molecular weight is 622 g/mol. The van der Waals surface area contributed by atoms with Crippen molar-refractivity contribution in [3.8, 4) is 0 Å². The molecule has 2 aromatic carbocycles. The molecule has 0 spiro atoms. The number of pyridine rings is 1. The van der Waals surface area contributed by atoms with Crippen LogP contribution in [0, 0.1) is 11.8 Å². The molecule has 6 nitrogen and oxygen atoms in total. The van der Waals surface area contributed by atoms with Gasteiger partial charge in [-0.1, -0.05) is 24.3 Å². The Morgan fingerprint density at radius 2 is 1.79 bits per heavy atom. The lowest BCUT2D eigenvalue weighted by Gasteiger charge is -2.52. The summed E-state index contributed by atoms with van der Waals surface area (Å²) in [5, 5.41) is 5.66. The number of aromatic nitrogens is 1. The number of amides is 1. The number of piperidine rings is 3. The summed E-state index contributed by atoms with van der Waals surface area (Å²) in [7, 11) is 0. The SMILES string of the molecule is C=CC1CN2CC[C@H]1C[C@@H]2N(Cc1ccnc2ccccc12)C(=O)CNC(=S)Nc1cc(C(F)(F)F)cc(C(F)(F)F)c1. The fourth-order valence-corrected chi connectivity index (χ4v) is 6.12. The van der Waals surface area contributed by atoms with Crippen LogP contribution in [-0.2, 0) is 23.7 Å². The maximum absolute atomic E-state index is 13.8. The third-order valence-corrected chi connectivity index (χ3v) is 8.33. The Bertz CT molecular complexity index is 1490. The fraction of sp³-hybridized carbons (Fsp3) is 0.367. The molecule has 3 saturated heterocycles. The highest BCUT2D eigenvalue weighted by molar-refractivity contribution is 7.80. The zero-order chi connectivity index (χ0) is 30.9. The number of fused-ring (bicyclic) bond motifs is 4. The molecule has 3 aromatic rings. The molecule has 1 aromatic heterocycles. The van der Waals surface area contributed by atoms with Crippen LogP contribution in [-0.4, -0.2) is 51.6 Å². The highest BCUT2D eigenvalue weighted by Gasteiger charge is 2.43. The van der Waals surface area contributed by atoms with E-state index in [0.717, 1.165) is 42.4 Å². The highest BCUT2D eigenvalue weighted by atomic mass is 32.1. The zero-order valence-corrected chi connectivity index (χ0v) is 23.7. The fourth-order valence-electron chi connectivity index (χ4n) is 5.93. The second-order valence-electron chi connectivity index (χ2n) is 10.8. The summed E-state index contributed by atoms with van der Waals surface area (Å²) in [6, 6.07) is 10.6. The average Bonchev–Trinajstić information content (AvgIpc) is 2.97. The first-order valence-corrected chi connectivity index (χ1v) is 14.1. The van der Waals surface area contributed by atoms with Gasteiger partial charge >= 0.3 is 12.4 Å². The monoisotopic (exact) mass is 621 g/mol. The molecule has 13 heteroatoms. The molecule has 3 aliphatic heterocycles. The van der Waals surface area contributed by atoms with E-state index >= 15 is 0 Å². The highest BCUT2D eigenvalue weighted by Crippen LogP contribution is 2.39. The van der Waals surface area contributed by atoms with Crippen LogP contribution in [0.5, 0.6) is 0 Å². The van der Waals surface area contributed by atoms with Gasteiger partial charge in [0.1, 0.15) is 0 Å². The molecule has 1 amide bonds. The van der Waals surface area contributed by atoms with Crippen molar-refractivity contribution in [3.05, 3.63) is 84.1 Å². The summed E-state index contributed by atoms with van der Waals surface area (Å²) in [5.74, 6) is 0.377. The Kier molecular flexibility index (Phi) is 8.66. The van der Waals surface area contributed by atoms with Gasteiger partial charge in [-0.3, -0.25) is 14.7 Å². The minimum atomic E-state index is -5.00. The summed E-state index contributed by atoms with van der Waals surface area (Å²) in [4.78, 5) is 22.2. The molecule has 0 saturated carbocycles. The van der Waals surface area contributed by atoms with E-state index in [4.69, 9.17) is 12.2 Å². The third-order valence-electron chi connectivity index (χ3n) is 8.08. The predicted octanol–water partition coefficient (Wildman–Crippen LogP) is 6.44. The molecule has 0 aliphatic carbocycles. The Morgan fingerprint density at radius 1 is 1.09 bits per heavy atom. The first-order valence-electron chi connectivity index (χ1n) is 13.7. The minimum absolute atomic E-state index is 0.0377. The maximum atomic E-state index is 13.8. The molecule has 2 bridgehead atoms. The Hall–Kier alpha value is -3.71. The molecule has 2 N–H and O–H groups in total. The Morgan fingerprint density at radius 3 is 2.42 bits per heavy atom. The van der Waals surface area contributed by atoms with Crippen molar-refractivity contribution < 1.29 is 31.1 Å². The quantitative estimate of drug-likeness (QED) is 0.180. The van der Waals surface area contributed by atoms with Crippen molar-refractivity contribution in [2.45, 2.75) is 37.9 Å². The summed E-state index contributed by atoms with van der Waals surface area (Å²) in [5.41, 5.74) is -1.77. The molecule has 6 rings (SSSR count). The van der Waals surface area contributed by atoms with Gasteiger partial charge in [-0.2, -0.15) is 26.3 Å². The number of para-hydroxylation sites is 1. The van der Waals surface area contributed by atoms with Crippen LogP contribution in [0.3, 0.4) is 0 Å². The smallest absolute Gasteiger partial charge is 0.353 e. The van der Waals surface area contributed by atoms with Gasteiger partial charge in [-0.25, -0.2) is 0 Å². The Balaban J connectivity index is 1.34. The molecular weight excluding hydrogens is 592 g/mol. The topological polar surface area (TPSA) is 60.5 Å². The van der Waals surface area contributed by atoms with Crippen molar-refractivity contribution in [1.82, 2.24) is 20.1 Å². The third kappa shape index (κ3) is 6.93. The standard InChI is InChI=1S/C30H29F6N5OS/c1-2-18-16-40-10-8-19(18)11-26(40)41(17-20-7-9-37-25-6-4-3-5-24(20)25)27(42)15-38-28(43)39-23-13-21(29(31,32)33)12-22(14-23)30(34,35)36/h2-7,9,12-14,18-19,26H,1,8,10-11,15-17H2,(H2,38,39,43)/t18?,19-,26-/m0/s1. The van der Waals surface area contributed by atoms with Crippen LogP contribution in [0.25, 0.3) is 10.9 Å². The van der Waals surface area contributed by atoms with Crippen LogP contribution < -0.4 is 10.6 Å². The number of hydrogen-bond donors (Lipinski definition) is 2. The van der Waals surface area contributed by atoms with E-state index in [2.05, 4.69) is 27.1 Å². The molecule has 3 fully saturated rings. The normalized spacial score (nSPS) is 21.8. The van der Waals surface area contributed by atoms with Crippen LogP contribution in [0.1, 0.15) is 29.5 Å². The van der Waals surface area contributed by atoms with Crippen molar-refractivity contribution >= 4 is 39.8 Å². The van der Waals surface area contributed by atoms with Crippen molar-refractivity contribution in [2.24, 2.45) is 11.8 Å². The predicted molar refractivity (Wildman–Crippen MR) is 155 cm³/mol. The lowest BCUT2D eigenvalue weighted by molar-refractivity contribution is -0.145. The number of halogens is 6. The minimum Gasteiger partial charge on any atom is -0.353 e. The summed E-state index contributed by atoms with van der Waals surface area (Å²) in [6.07, 6.45) is -4.81. The molecule has 3 aliphatic rings. The van der Waals surface area contributed by atoms with Gasteiger partial charge in [0.15, 0.2) is 5.11 Å². The van der Waals surface area contributed by atoms with Gasteiger partial charge in [0, 0.05) is 36.9 Å². The van der Waals surface area contributed by atoms with E-state index < -0.39 is 29.2 Å². The molecule has 2 unspecified atom stereocenters. The lowest BCUT2D eigenvalue weighted by Crippen LogP contribution is -2.61. The molecule has 228 valence electrons. The number of carbonyl (C=O) groups excluding carboxylic acids is 1. The van der Waals surface area contributed by atoms with Crippen LogP contribution in [0.15, 0.2) is 67.4 Å². The molecular formula is C30H29F6N5OS. The number of alkyl halides is 6. The van der Waals surface area contributed by atoms with E-state index in [0.29, 0.717) is 24.0 Å². The Labute approximate surface area is 249 Å². The van der Waals surface area contributed by atoms with E-state index in [-0.39, 0.29) is 36.3 Å². The van der Waals surface area contributed by atoms with Crippen molar-refractivity contribution in [2.75, 3.05) is 25.0 Å². The molecule has 0 radical (unpaired) electrons. The summed E-state index contributed by atoms with van der Waals surface area (Å²) < 4.78 is 79.6. The number of benzene rings is 2. The van der Waals surface area contributed by atoms with E-state index in [9.17, 15) is 31.1 Å². The maximum Gasteiger partial charge on any atom is 0.416 e. The van der Waals surface area contributed by atoms with Crippen LogP contribution in [0.4, 0.5) is 32.0 Å². The van der Waals surface area contributed by atoms with Crippen LogP contribution in [0.2, 0.25) is 0 Å². The molecule has 43 heavy (non-hydrogen) atoms. The van der Waals surface area contributed by atoms with Crippen molar-refractivity contribution in [3.63, 3.8) is 0 Å². The number of carbonyl (C=O) groups is 1. The number of nitrogens with zero attached hydrogens (tertiary/aromatic N) is 3. The van der Waals surface area contributed by atoms with Gasteiger partial charge in [-0.05, 0) is 72.8 Å². The summed E-state index contributed by atoms with van der Waals surface area (Å²) in [6.45, 7) is 5.51. The van der Waals surface area contributed by atoms with Gasteiger partial charge in [0.25, 0.3) is 0 Å². The van der Waals surface area contributed by atoms with Gasteiger partial charge in [0.2, 0.25) is 5.91 Å². The van der Waals surface area contributed by atoms with Gasteiger partial charge in [-0.15, -0.1) is 6.58 Å². The molecule has 4 atom stereocenters. The number of nitrogens with one attached hydrogen (secondary N) is 2. The van der Waals surface area contributed by atoms with E-state index in [1.54, 1.807) is 11.1 Å². The lowest BCUT2D eigenvalue weighted by atomic mass is 9.77. The van der Waals surface area contributed by atoms with Crippen LogP contribution >= 0.6 is 12.2 Å². The second kappa shape index (κ2) is 12.1. The number of anilines is 1. The number of hydrogen-bond acceptors (Lipinski definition) is 4. The van der Waals surface area contributed by atoms with Crippen molar-refractivity contribution in [1.29, 1.82) is 0 Å². The van der Waals surface area contributed by atoms with Gasteiger partial charge < -0.3 is 15.5 Å². The number of rotatable bonds is 7. The van der Waals surface area contributed by atoms with E-state index in [1.165, 1.54) is 0 Å². The largest absolute Gasteiger partial charge is 0.416 e. The zero-order valence-electron chi connectivity index (χ0n) is 22.9. The second-order valence-corrected chi connectivity index (χ2v) is 11.2. The molecule has 4 heterocycles. The first-order chi connectivity index (χ1) is 20.3. The van der Waals surface area contributed by atoms with E-state index in [1.807, 2.05) is 36.4 Å².